The molecule has 25 heavy (non-hydrogen) atoms. The van der Waals surface area contributed by atoms with Gasteiger partial charge in [0.1, 0.15) is 0 Å². The van der Waals surface area contributed by atoms with Crippen LogP contribution in [0.2, 0.25) is 0 Å². The van der Waals surface area contributed by atoms with Gasteiger partial charge in [-0.2, -0.15) is 0 Å². The van der Waals surface area contributed by atoms with Crippen LogP contribution in [0.4, 0.5) is 5.69 Å². The van der Waals surface area contributed by atoms with Crippen LogP contribution in [-0.2, 0) is 11.2 Å². The van der Waals surface area contributed by atoms with Gasteiger partial charge in [0.05, 0.1) is 10.5 Å². The number of halogens is 1. The monoisotopic (exact) mass is 464 g/mol. The van der Waals surface area contributed by atoms with Crippen LogP contribution >= 0.6 is 24.0 Å². The second kappa shape index (κ2) is 12.0. The number of nitrogens with one attached hydrogen (secondary N) is 2. The van der Waals surface area contributed by atoms with Crippen LogP contribution in [0, 0.1) is 10.1 Å². The standard InChI is InChI=1S/C17H28N4O3.HI/c1-17(2,24-4)13-20-16(18-3)19-12-6-5-7-14-8-10-15(11-9-14)21(22)23;/h8-11H,5-7,12-13H2,1-4H3,(H2,18,19,20);1H. The molecule has 0 radical (unpaired) electrons. The number of aliphatic imine (C=N–C) groups is 1. The lowest BCUT2D eigenvalue weighted by Gasteiger charge is -2.24. The molecule has 0 fully saturated rings. The molecule has 1 aromatic rings. The van der Waals surface area contributed by atoms with Crippen molar-refractivity contribution < 1.29 is 9.66 Å². The van der Waals surface area contributed by atoms with Gasteiger partial charge in [-0.3, -0.25) is 15.1 Å². The number of methoxy groups -OCH3 is 1. The third-order valence-corrected chi connectivity index (χ3v) is 3.79. The van der Waals surface area contributed by atoms with E-state index in [1.807, 2.05) is 26.0 Å². The van der Waals surface area contributed by atoms with Gasteiger partial charge < -0.3 is 15.4 Å². The van der Waals surface area contributed by atoms with E-state index >= 15 is 0 Å². The Kier molecular flexibility index (Phi) is 11.3. The first-order valence-corrected chi connectivity index (χ1v) is 8.11. The van der Waals surface area contributed by atoms with E-state index in [2.05, 4.69) is 15.6 Å². The van der Waals surface area contributed by atoms with Crippen molar-refractivity contribution in [3.63, 3.8) is 0 Å². The zero-order valence-corrected chi connectivity index (χ0v) is 17.7. The fourth-order valence-electron chi connectivity index (χ4n) is 2.03. The summed E-state index contributed by atoms with van der Waals surface area (Å²) in [5.41, 5.74) is 1.01. The summed E-state index contributed by atoms with van der Waals surface area (Å²) in [5, 5.41) is 17.1. The Morgan fingerprint density at radius 2 is 1.88 bits per heavy atom. The van der Waals surface area contributed by atoms with Crippen molar-refractivity contribution in [1.29, 1.82) is 0 Å². The lowest BCUT2D eigenvalue weighted by Crippen LogP contribution is -2.45. The number of non-ortho nitro benzene ring substituents is 1. The summed E-state index contributed by atoms with van der Waals surface area (Å²) >= 11 is 0. The maximum atomic E-state index is 10.6. The van der Waals surface area contributed by atoms with E-state index in [0.717, 1.165) is 37.3 Å². The van der Waals surface area contributed by atoms with E-state index in [-0.39, 0.29) is 40.2 Å². The average Bonchev–Trinajstić information content (AvgIpc) is 2.57. The number of unbranched alkanes of at least 4 members (excludes halogenated alkanes) is 1. The molecule has 1 rings (SSSR count). The Morgan fingerprint density at radius 1 is 1.24 bits per heavy atom. The Bertz CT molecular complexity index is 547. The van der Waals surface area contributed by atoms with Gasteiger partial charge in [0.25, 0.3) is 5.69 Å². The number of guanidine groups is 1. The van der Waals surface area contributed by atoms with Gasteiger partial charge in [-0.05, 0) is 38.7 Å². The number of ether oxygens (including phenoxy) is 1. The summed E-state index contributed by atoms with van der Waals surface area (Å²) in [6.07, 6.45) is 2.90. The lowest BCUT2D eigenvalue weighted by molar-refractivity contribution is -0.384. The average molecular weight is 464 g/mol. The highest BCUT2D eigenvalue weighted by atomic mass is 127. The normalized spacial score (nSPS) is 11.6. The van der Waals surface area contributed by atoms with Gasteiger partial charge >= 0.3 is 0 Å². The van der Waals surface area contributed by atoms with Crippen LogP contribution in [0.15, 0.2) is 29.3 Å². The number of aryl methyl sites for hydroxylation is 1. The number of nitro benzene ring substituents is 1. The van der Waals surface area contributed by atoms with E-state index in [9.17, 15) is 10.1 Å². The van der Waals surface area contributed by atoms with E-state index in [0.29, 0.717) is 6.54 Å². The molecule has 0 aromatic heterocycles. The van der Waals surface area contributed by atoms with Gasteiger partial charge in [-0.25, -0.2) is 0 Å². The molecule has 0 aliphatic heterocycles. The number of rotatable bonds is 9. The zero-order chi connectivity index (χ0) is 18.0. The Labute approximate surface area is 166 Å². The van der Waals surface area contributed by atoms with Crippen molar-refractivity contribution in [2.24, 2.45) is 4.99 Å². The molecular weight excluding hydrogens is 435 g/mol. The Hall–Kier alpha value is -1.42. The Balaban J connectivity index is 0.00000576. The lowest BCUT2D eigenvalue weighted by atomic mass is 10.1. The van der Waals surface area contributed by atoms with E-state index < -0.39 is 0 Å². The van der Waals surface area contributed by atoms with Crippen LogP contribution in [-0.4, -0.2) is 43.7 Å². The van der Waals surface area contributed by atoms with Gasteiger partial charge in [0.2, 0.25) is 0 Å². The molecule has 0 unspecified atom stereocenters. The summed E-state index contributed by atoms with van der Waals surface area (Å²) in [5.74, 6) is 0.760. The maximum absolute atomic E-state index is 10.6. The highest BCUT2D eigenvalue weighted by molar-refractivity contribution is 14.0. The van der Waals surface area contributed by atoms with Gasteiger partial charge in [0.15, 0.2) is 5.96 Å². The number of benzene rings is 1. The maximum Gasteiger partial charge on any atom is 0.269 e. The largest absolute Gasteiger partial charge is 0.377 e. The smallest absolute Gasteiger partial charge is 0.269 e. The van der Waals surface area contributed by atoms with Crippen molar-refractivity contribution in [2.45, 2.75) is 38.7 Å². The number of nitro groups is 1. The van der Waals surface area contributed by atoms with E-state index in [1.165, 1.54) is 0 Å². The van der Waals surface area contributed by atoms with Crippen molar-refractivity contribution in [3.05, 3.63) is 39.9 Å². The van der Waals surface area contributed by atoms with E-state index in [1.54, 1.807) is 26.3 Å². The molecule has 0 atom stereocenters. The summed E-state index contributed by atoms with van der Waals surface area (Å²) in [6.45, 7) is 5.51. The van der Waals surface area contributed by atoms with Crippen LogP contribution in [0.5, 0.6) is 0 Å². The molecule has 8 heteroatoms. The molecular formula is C17H29IN4O3. The third kappa shape index (κ3) is 9.59. The topological polar surface area (TPSA) is 88.8 Å². The number of hydrogen-bond acceptors (Lipinski definition) is 4. The molecule has 0 aliphatic rings. The minimum Gasteiger partial charge on any atom is -0.377 e. The second-order valence-corrected chi connectivity index (χ2v) is 6.20. The van der Waals surface area contributed by atoms with Crippen molar-refractivity contribution in [3.8, 4) is 0 Å². The summed E-state index contributed by atoms with van der Waals surface area (Å²) in [4.78, 5) is 14.4. The van der Waals surface area contributed by atoms with Crippen LogP contribution in [0.1, 0.15) is 32.3 Å². The van der Waals surface area contributed by atoms with Gasteiger partial charge in [0, 0.05) is 39.4 Å². The first kappa shape index (κ1) is 23.6. The quantitative estimate of drug-likeness (QED) is 0.146. The van der Waals surface area contributed by atoms with Gasteiger partial charge in [-0.1, -0.05) is 12.1 Å². The molecule has 0 amide bonds. The second-order valence-electron chi connectivity index (χ2n) is 6.20. The highest BCUT2D eigenvalue weighted by Gasteiger charge is 2.16. The van der Waals surface area contributed by atoms with Crippen molar-refractivity contribution >= 4 is 35.6 Å². The first-order chi connectivity index (χ1) is 11.4. The molecule has 0 saturated carbocycles. The number of hydrogen-bond donors (Lipinski definition) is 2. The predicted octanol–water partition coefficient (Wildman–Crippen LogP) is 3.13. The van der Waals surface area contributed by atoms with E-state index in [4.69, 9.17) is 4.74 Å². The van der Waals surface area contributed by atoms with Crippen LogP contribution in [0.25, 0.3) is 0 Å². The van der Waals surface area contributed by atoms with Crippen molar-refractivity contribution in [2.75, 3.05) is 27.2 Å². The molecule has 1 aromatic carbocycles. The molecule has 2 N–H and O–H groups in total. The first-order valence-electron chi connectivity index (χ1n) is 8.11. The Morgan fingerprint density at radius 3 is 2.40 bits per heavy atom. The molecule has 7 nitrogen and oxygen atoms in total. The minimum absolute atomic E-state index is 0. The fraction of sp³-hybridized carbons (Fsp3) is 0.588. The number of nitrogens with zero attached hydrogens (tertiary/aromatic N) is 2. The predicted molar refractivity (Wildman–Crippen MR) is 112 cm³/mol. The highest BCUT2D eigenvalue weighted by Crippen LogP contribution is 2.13. The zero-order valence-electron chi connectivity index (χ0n) is 15.4. The molecule has 0 heterocycles. The third-order valence-electron chi connectivity index (χ3n) is 3.79. The van der Waals surface area contributed by atoms with Gasteiger partial charge in [-0.15, -0.1) is 24.0 Å². The summed E-state index contributed by atoms with van der Waals surface area (Å²) < 4.78 is 5.36. The fourth-order valence-corrected chi connectivity index (χ4v) is 2.03. The summed E-state index contributed by atoms with van der Waals surface area (Å²) in [7, 11) is 3.43. The van der Waals surface area contributed by atoms with Crippen molar-refractivity contribution in [1.82, 2.24) is 10.6 Å². The SMILES string of the molecule is CN=C(NCCCCc1ccc([N+](=O)[O-])cc1)NCC(C)(C)OC.I. The summed E-state index contributed by atoms with van der Waals surface area (Å²) in [6, 6.07) is 6.74. The minimum atomic E-state index is -0.378. The van der Waals surface area contributed by atoms with Crippen LogP contribution < -0.4 is 10.6 Å². The molecule has 0 aliphatic carbocycles. The van der Waals surface area contributed by atoms with Crippen LogP contribution in [0.3, 0.4) is 0 Å². The molecule has 142 valence electrons. The molecule has 0 bridgehead atoms. The molecule has 0 spiro atoms. The molecule has 0 saturated heterocycles.